The van der Waals surface area contributed by atoms with Crippen molar-refractivity contribution in [2.45, 2.75) is 58.8 Å². The Bertz CT molecular complexity index is 1070. The van der Waals surface area contributed by atoms with Crippen molar-refractivity contribution in [3.8, 4) is 17.2 Å². The summed E-state index contributed by atoms with van der Waals surface area (Å²) in [6.45, 7) is 4.58. The van der Waals surface area contributed by atoms with Crippen LogP contribution in [0.15, 0.2) is 29.4 Å². The van der Waals surface area contributed by atoms with Crippen molar-refractivity contribution < 1.29 is 23.8 Å². The van der Waals surface area contributed by atoms with E-state index in [1.807, 2.05) is 24.3 Å². The Labute approximate surface area is 202 Å². The number of fused-ring (bicyclic) bond motifs is 5. The van der Waals surface area contributed by atoms with Gasteiger partial charge in [-0.15, -0.1) is 0 Å². The first-order valence-electron chi connectivity index (χ1n) is 12.5. The predicted octanol–water partition coefficient (Wildman–Crippen LogP) is 5.81. The Morgan fingerprint density at radius 3 is 2.24 bits per heavy atom. The van der Waals surface area contributed by atoms with E-state index in [0.717, 1.165) is 49.7 Å². The second-order valence-corrected chi connectivity index (χ2v) is 11.1. The van der Waals surface area contributed by atoms with Crippen LogP contribution >= 0.6 is 0 Å². The smallest absolute Gasteiger partial charge is 0.203 e. The number of Topliss-reactive ketones (excluding diaryl/α,β-unsaturated/α-hetero) is 1. The fraction of sp³-hybridized carbons (Fsp3) is 0.586. The number of carbonyl (C=O) groups is 2. The van der Waals surface area contributed by atoms with Crippen LogP contribution in [0.1, 0.15) is 64.4 Å². The highest BCUT2D eigenvalue weighted by Crippen LogP contribution is 2.65. The molecule has 0 aliphatic heterocycles. The lowest BCUT2D eigenvalue weighted by Crippen LogP contribution is -2.50. The normalized spacial score (nSPS) is 35.9. The lowest BCUT2D eigenvalue weighted by molar-refractivity contribution is -0.130. The maximum Gasteiger partial charge on any atom is 0.203 e. The lowest BCUT2D eigenvalue weighted by Gasteiger charge is -2.56. The molecule has 0 unspecified atom stereocenters. The molecule has 5 atom stereocenters. The third-order valence-electron chi connectivity index (χ3n) is 9.63. The van der Waals surface area contributed by atoms with Crippen LogP contribution < -0.4 is 14.2 Å². The minimum atomic E-state index is -0.296. The van der Waals surface area contributed by atoms with Crippen molar-refractivity contribution in [2.24, 2.45) is 28.6 Å². The van der Waals surface area contributed by atoms with Crippen LogP contribution in [0.5, 0.6) is 17.2 Å². The lowest BCUT2D eigenvalue weighted by atomic mass is 9.47. The number of ketones is 2. The molecular weight excluding hydrogens is 428 g/mol. The van der Waals surface area contributed by atoms with E-state index in [4.69, 9.17) is 14.2 Å². The molecule has 34 heavy (non-hydrogen) atoms. The first kappa shape index (κ1) is 23.2. The van der Waals surface area contributed by atoms with E-state index < -0.39 is 0 Å². The molecule has 5 rings (SSSR count). The summed E-state index contributed by atoms with van der Waals surface area (Å²) in [7, 11) is 4.81. The number of rotatable bonds is 4. The second-order valence-electron chi connectivity index (χ2n) is 11.1. The number of hydrogen-bond acceptors (Lipinski definition) is 5. The molecule has 0 saturated heterocycles. The van der Waals surface area contributed by atoms with Crippen LogP contribution in [0.25, 0.3) is 6.08 Å². The zero-order valence-electron chi connectivity index (χ0n) is 21.0. The molecule has 0 N–H and O–H groups in total. The van der Waals surface area contributed by atoms with E-state index in [2.05, 4.69) is 13.8 Å². The summed E-state index contributed by atoms with van der Waals surface area (Å²) in [4.78, 5) is 25.9. The van der Waals surface area contributed by atoms with Gasteiger partial charge >= 0.3 is 0 Å². The minimum Gasteiger partial charge on any atom is -0.493 e. The molecule has 3 saturated carbocycles. The summed E-state index contributed by atoms with van der Waals surface area (Å²) in [5, 5.41) is 0. The van der Waals surface area contributed by atoms with E-state index in [9.17, 15) is 9.59 Å². The van der Waals surface area contributed by atoms with Gasteiger partial charge in [0.05, 0.1) is 21.3 Å². The molecule has 3 fully saturated rings. The summed E-state index contributed by atoms with van der Waals surface area (Å²) in [5.41, 5.74) is 2.99. The summed E-state index contributed by atoms with van der Waals surface area (Å²) in [6.07, 6.45) is 10.5. The van der Waals surface area contributed by atoms with E-state index >= 15 is 0 Å². The van der Waals surface area contributed by atoms with Gasteiger partial charge in [0.2, 0.25) is 5.75 Å². The van der Waals surface area contributed by atoms with Crippen molar-refractivity contribution in [2.75, 3.05) is 21.3 Å². The van der Waals surface area contributed by atoms with Crippen LogP contribution in [0.2, 0.25) is 0 Å². The molecule has 5 heteroatoms. The monoisotopic (exact) mass is 464 g/mol. The first-order chi connectivity index (χ1) is 16.2. The van der Waals surface area contributed by atoms with Gasteiger partial charge in [0.25, 0.3) is 0 Å². The fourth-order valence-corrected chi connectivity index (χ4v) is 7.74. The van der Waals surface area contributed by atoms with Gasteiger partial charge in [0.15, 0.2) is 23.1 Å². The number of hydrogen-bond donors (Lipinski definition) is 0. The van der Waals surface area contributed by atoms with Gasteiger partial charge in [-0.3, -0.25) is 9.59 Å². The predicted molar refractivity (Wildman–Crippen MR) is 131 cm³/mol. The highest BCUT2D eigenvalue weighted by atomic mass is 16.5. The average Bonchev–Trinajstić information content (AvgIpc) is 3.08. The van der Waals surface area contributed by atoms with Crippen LogP contribution in [0, 0.1) is 28.6 Å². The summed E-state index contributed by atoms with van der Waals surface area (Å²) < 4.78 is 16.5. The average molecular weight is 465 g/mol. The zero-order valence-corrected chi connectivity index (χ0v) is 21.0. The van der Waals surface area contributed by atoms with Gasteiger partial charge in [0, 0.05) is 11.8 Å². The molecular formula is C29H36O5. The molecule has 182 valence electrons. The van der Waals surface area contributed by atoms with E-state index in [0.29, 0.717) is 47.2 Å². The van der Waals surface area contributed by atoms with E-state index in [1.54, 1.807) is 21.3 Å². The fourth-order valence-electron chi connectivity index (χ4n) is 7.74. The quantitative estimate of drug-likeness (QED) is 0.527. The SMILES string of the molecule is COc1cc(C=C2C[C@H]3[C@@H]4CCC5=CC(=O)CC[C@]5(C)[C@H]4CC[C@]3(C)C2=O)cc(OC)c1OC. The molecule has 0 spiro atoms. The number of benzene rings is 1. The second kappa shape index (κ2) is 8.28. The Morgan fingerprint density at radius 2 is 1.59 bits per heavy atom. The third-order valence-corrected chi connectivity index (χ3v) is 9.63. The van der Waals surface area contributed by atoms with Gasteiger partial charge in [-0.1, -0.05) is 19.4 Å². The number of carbonyl (C=O) groups excluding carboxylic acids is 2. The van der Waals surface area contributed by atoms with Crippen LogP contribution in [0.3, 0.4) is 0 Å². The minimum absolute atomic E-state index is 0.115. The Hall–Kier alpha value is -2.56. The maximum absolute atomic E-state index is 13.8. The summed E-state index contributed by atoms with van der Waals surface area (Å²) in [5.74, 6) is 3.79. The molecule has 0 heterocycles. The number of ether oxygens (including phenoxy) is 3. The van der Waals surface area contributed by atoms with Gasteiger partial charge in [-0.25, -0.2) is 0 Å². The molecule has 0 amide bonds. The topological polar surface area (TPSA) is 61.8 Å². The molecule has 1 aromatic carbocycles. The highest BCUT2D eigenvalue weighted by molar-refractivity contribution is 6.06. The molecule has 1 aromatic rings. The Morgan fingerprint density at radius 1 is 0.882 bits per heavy atom. The van der Waals surface area contributed by atoms with Crippen LogP contribution in [-0.2, 0) is 9.59 Å². The summed E-state index contributed by atoms with van der Waals surface area (Å²) >= 11 is 0. The van der Waals surface area contributed by atoms with Crippen molar-refractivity contribution in [3.05, 3.63) is 34.9 Å². The van der Waals surface area contributed by atoms with Crippen molar-refractivity contribution in [1.29, 1.82) is 0 Å². The van der Waals surface area contributed by atoms with E-state index in [-0.39, 0.29) is 16.6 Å². The van der Waals surface area contributed by atoms with Gasteiger partial charge in [0.1, 0.15) is 0 Å². The van der Waals surface area contributed by atoms with Gasteiger partial charge < -0.3 is 14.2 Å². The maximum atomic E-state index is 13.8. The molecule has 5 nitrogen and oxygen atoms in total. The van der Waals surface area contributed by atoms with Gasteiger partial charge in [-0.05, 0) is 97.1 Å². The number of methoxy groups -OCH3 is 3. The van der Waals surface area contributed by atoms with Crippen molar-refractivity contribution in [3.63, 3.8) is 0 Å². The van der Waals surface area contributed by atoms with Crippen molar-refractivity contribution in [1.82, 2.24) is 0 Å². The Kier molecular flexibility index (Phi) is 5.65. The third kappa shape index (κ3) is 3.34. The highest BCUT2D eigenvalue weighted by Gasteiger charge is 2.60. The van der Waals surface area contributed by atoms with Crippen LogP contribution in [-0.4, -0.2) is 32.9 Å². The standard InChI is InChI=1S/C29H36O5/c1-28-10-8-20(30)16-19(28)6-7-21-22(28)9-11-29(2)23(21)15-18(27(29)31)12-17-13-24(32-3)26(34-5)25(14-17)33-4/h12-14,16,21-23H,6-11,15H2,1-5H3/t21-,22+,23+,28+,29+/m1/s1. The molecule has 4 aliphatic carbocycles. The molecule has 4 aliphatic rings. The molecule has 0 bridgehead atoms. The zero-order chi connectivity index (χ0) is 24.3. The molecule has 0 radical (unpaired) electrons. The van der Waals surface area contributed by atoms with E-state index in [1.165, 1.54) is 5.57 Å². The van der Waals surface area contributed by atoms with Crippen molar-refractivity contribution >= 4 is 17.6 Å². The van der Waals surface area contributed by atoms with Gasteiger partial charge in [-0.2, -0.15) is 0 Å². The van der Waals surface area contributed by atoms with Crippen LogP contribution in [0.4, 0.5) is 0 Å². The molecule has 0 aromatic heterocycles. The largest absolute Gasteiger partial charge is 0.493 e. The first-order valence-corrected chi connectivity index (χ1v) is 12.5. The Balaban J connectivity index is 1.48. The summed E-state index contributed by atoms with van der Waals surface area (Å²) in [6, 6.07) is 3.82. The number of allylic oxidation sites excluding steroid dienone is 2.